The van der Waals surface area contributed by atoms with Crippen molar-refractivity contribution in [2.75, 3.05) is 19.8 Å². The Morgan fingerprint density at radius 1 is 0.771 bits per heavy atom. The highest BCUT2D eigenvalue weighted by Crippen LogP contribution is 2.44. The highest BCUT2D eigenvalue weighted by Gasteiger charge is 2.31. The van der Waals surface area contributed by atoms with E-state index in [0.29, 0.717) is 6.42 Å². The van der Waals surface area contributed by atoms with Crippen LogP contribution in [0, 0.1) is 0 Å². The van der Waals surface area contributed by atoms with Crippen LogP contribution in [-0.4, -0.2) is 69.6 Å². The van der Waals surface area contributed by atoms with Crippen molar-refractivity contribution in [2.24, 2.45) is 0 Å². The minimum Gasteiger partial charge on any atom is -0.463 e. The number of rotatable bonds is 25. The molecule has 0 rings (SSSR count). The Kier molecular flexibility index (Phi) is 22.2. The molecule has 2 unspecified atom stereocenters. The predicted octanol–water partition coefficient (Wildman–Crippen LogP) is 3.96. The van der Waals surface area contributed by atoms with E-state index in [1.807, 2.05) is 0 Å². The molecule has 0 bridgehead atoms. The average Bonchev–Trinajstić information content (AvgIpc) is 2.83. The quantitative estimate of drug-likeness (QED) is 0.0507. The van der Waals surface area contributed by atoms with Gasteiger partial charge in [-0.1, -0.05) is 96.8 Å². The molecule has 0 saturated carbocycles. The van der Waals surface area contributed by atoms with Crippen molar-refractivity contribution in [3.63, 3.8) is 0 Å². The third kappa shape index (κ3) is 22.4. The molecule has 0 aliphatic rings. The van der Waals surface area contributed by atoms with Crippen LogP contribution in [0.1, 0.15) is 110 Å². The lowest BCUT2D eigenvalue weighted by molar-refractivity contribution is -0.161. The fourth-order valence-corrected chi connectivity index (χ4v) is 4.28. The smallest absolute Gasteiger partial charge is 0.463 e. The Balaban J connectivity index is 3.63. The number of phosphoric acid groups is 1. The van der Waals surface area contributed by atoms with E-state index in [9.17, 15) is 24.5 Å². The maximum absolute atomic E-state index is 11.8. The number of phosphoric ester groups is 1. The lowest BCUT2D eigenvalue weighted by Gasteiger charge is -2.21. The molecule has 0 spiro atoms. The summed E-state index contributed by atoms with van der Waals surface area (Å²) in [7, 11) is -4.78. The van der Waals surface area contributed by atoms with Gasteiger partial charge in [0.2, 0.25) is 0 Å². The maximum atomic E-state index is 11.8. The first kappa shape index (κ1) is 34.4. The maximum Gasteiger partial charge on any atom is 0.474 e. The van der Waals surface area contributed by atoms with Crippen LogP contribution < -0.4 is 0 Å². The summed E-state index contributed by atoms with van der Waals surface area (Å²) in [6.45, 7) is 0.226. The Hall–Kier alpha value is -0.580. The molecule has 0 aliphatic heterocycles. The number of carbonyl (C=O) groups excluding carboxylic acids is 1. The number of ether oxygens (including phenoxy) is 1. The standard InChI is InChI=1S/C24H49O10P/c1-2-3-4-5-6-7-8-9-10-11-12-13-14-15-16-17-23(28)32-20-22(27)24(29)34-35(30,31)33-19-21(26)18-25/h21-22,24-27,29H,2-20H2,1H3,(H,30,31)/t21-,22-,24?/m1/s1. The van der Waals surface area contributed by atoms with E-state index in [-0.39, 0.29) is 6.42 Å². The van der Waals surface area contributed by atoms with Crippen LogP contribution in [0.3, 0.4) is 0 Å². The van der Waals surface area contributed by atoms with Gasteiger partial charge in [-0.25, -0.2) is 4.57 Å². The Morgan fingerprint density at radius 3 is 1.69 bits per heavy atom. The Labute approximate surface area is 210 Å². The van der Waals surface area contributed by atoms with Crippen molar-refractivity contribution in [1.82, 2.24) is 0 Å². The molecule has 11 heteroatoms. The van der Waals surface area contributed by atoms with Gasteiger partial charge in [-0.05, 0) is 6.42 Å². The van der Waals surface area contributed by atoms with Gasteiger partial charge in [0, 0.05) is 6.42 Å². The van der Waals surface area contributed by atoms with Crippen molar-refractivity contribution in [3.05, 3.63) is 0 Å². The van der Waals surface area contributed by atoms with E-state index in [1.54, 1.807) is 0 Å². The molecular formula is C24H49O10P. The Bertz CT molecular complexity index is 548. The summed E-state index contributed by atoms with van der Waals surface area (Å²) in [4.78, 5) is 21.2. The molecular weight excluding hydrogens is 479 g/mol. The van der Waals surface area contributed by atoms with E-state index >= 15 is 0 Å². The lowest BCUT2D eigenvalue weighted by Crippen LogP contribution is -2.33. The number of hydrogen-bond acceptors (Lipinski definition) is 9. The molecule has 4 atom stereocenters. The zero-order valence-corrected chi connectivity index (χ0v) is 22.3. The third-order valence-corrected chi connectivity index (χ3v) is 6.57. The molecule has 0 aromatic rings. The van der Waals surface area contributed by atoms with Crippen LogP contribution in [-0.2, 0) is 23.1 Å². The highest BCUT2D eigenvalue weighted by atomic mass is 31.2. The fourth-order valence-electron chi connectivity index (χ4n) is 3.44. The minimum atomic E-state index is -4.78. The first-order valence-corrected chi connectivity index (χ1v) is 14.7. The largest absolute Gasteiger partial charge is 0.474 e. The molecule has 0 heterocycles. The van der Waals surface area contributed by atoms with Crippen molar-refractivity contribution >= 4 is 13.8 Å². The molecule has 10 nitrogen and oxygen atoms in total. The summed E-state index contributed by atoms with van der Waals surface area (Å²) in [5, 5.41) is 37.1. The molecule has 0 aromatic carbocycles. The van der Waals surface area contributed by atoms with Gasteiger partial charge in [-0.15, -0.1) is 0 Å². The molecule has 0 fully saturated rings. The molecule has 35 heavy (non-hydrogen) atoms. The van der Waals surface area contributed by atoms with Crippen LogP contribution in [0.15, 0.2) is 0 Å². The van der Waals surface area contributed by atoms with Gasteiger partial charge in [0.05, 0.1) is 13.2 Å². The van der Waals surface area contributed by atoms with Crippen LogP contribution in [0.5, 0.6) is 0 Å². The Morgan fingerprint density at radius 2 is 1.23 bits per heavy atom. The van der Waals surface area contributed by atoms with Gasteiger partial charge >= 0.3 is 13.8 Å². The molecule has 0 radical (unpaired) electrons. The summed E-state index contributed by atoms with van der Waals surface area (Å²) in [5.74, 6) is -0.541. The van der Waals surface area contributed by atoms with E-state index in [0.717, 1.165) is 19.3 Å². The van der Waals surface area contributed by atoms with Gasteiger partial charge in [-0.2, -0.15) is 0 Å². The number of unbranched alkanes of at least 4 members (excludes halogenated alkanes) is 14. The molecule has 0 aromatic heterocycles. The van der Waals surface area contributed by atoms with Crippen molar-refractivity contribution in [3.8, 4) is 0 Å². The predicted molar refractivity (Wildman–Crippen MR) is 132 cm³/mol. The monoisotopic (exact) mass is 528 g/mol. The first-order chi connectivity index (χ1) is 16.7. The number of aliphatic hydroxyl groups is 4. The fraction of sp³-hybridized carbons (Fsp3) is 0.958. The highest BCUT2D eigenvalue weighted by molar-refractivity contribution is 7.47. The van der Waals surface area contributed by atoms with Gasteiger partial charge in [-0.3, -0.25) is 13.8 Å². The zero-order chi connectivity index (χ0) is 26.4. The van der Waals surface area contributed by atoms with Crippen LogP contribution in [0.2, 0.25) is 0 Å². The average molecular weight is 529 g/mol. The van der Waals surface area contributed by atoms with Gasteiger partial charge < -0.3 is 30.1 Å². The lowest BCUT2D eigenvalue weighted by atomic mass is 10.0. The van der Waals surface area contributed by atoms with Crippen LogP contribution in [0.4, 0.5) is 0 Å². The van der Waals surface area contributed by atoms with Crippen LogP contribution >= 0.6 is 7.82 Å². The molecule has 0 aliphatic carbocycles. The van der Waals surface area contributed by atoms with E-state index < -0.39 is 52.1 Å². The van der Waals surface area contributed by atoms with E-state index in [1.165, 1.54) is 70.6 Å². The van der Waals surface area contributed by atoms with Crippen molar-refractivity contribution < 1.29 is 48.5 Å². The molecule has 5 N–H and O–H groups in total. The zero-order valence-electron chi connectivity index (χ0n) is 21.4. The second-order valence-electron chi connectivity index (χ2n) is 9.05. The van der Waals surface area contributed by atoms with Crippen LogP contribution in [0.25, 0.3) is 0 Å². The molecule has 210 valence electrons. The molecule has 0 saturated heterocycles. The topological polar surface area (TPSA) is 163 Å². The summed E-state index contributed by atoms with van der Waals surface area (Å²) >= 11 is 0. The minimum absolute atomic E-state index is 0.183. The summed E-state index contributed by atoms with van der Waals surface area (Å²) < 4.78 is 25.1. The van der Waals surface area contributed by atoms with Crippen molar-refractivity contribution in [1.29, 1.82) is 0 Å². The second-order valence-corrected chi connectivity index (χ2v) is 10.5. The van der Waals surface area contributed by atoms with E-state index in [2.05, 4.69) is 16.0 Å². The number of esters is 1. The number of hydrogen-bond donors (Lipinski definition) is 5. The summed E-state index contributed by atoms with van der Waals surface area (Å²) in [5.41, 5.74) is 0. The second kappa shape index (κ2) is 22.6. The van der Waals surface area contributed by atoms with Crippen molar-refractivity contribution in [2.45, 2.75) is 128 Å². The van der Waals surface area contributed by atoms with Gasteiger partial charge in [0.1, 0.15) is 18.8 Å². The summed E-state index contributed by atoms with van der Waals surface area (Å²) in [6, 6.07) is 0. The third-order valence-electron chi connectivity index (χ3n) is 5.61. The van der Waals surface area contributed by atoms with Gasteiger partial charge in [0.25, 0.3) is 0 Å². The SMILES string of the molecule is CCCCCCCCCCCCCCCCCC(=O)OC[C@@H](O)C(O)OP(=O)(O)OC[C@H](O)CO. The summed E-state index contributed by atoms with van der Waals surface area (Å²) in [6.07, 6.45) is 13.2. The first-order valence-electron chi connectivity index (χ1n) is 13.2. The van der Waals surface area contributed by atoms with E-state index in [4.69, 9.17) is 14.9 Å². The van der Waals surface area contributed by atoms with Gasteiger partial charge in [0.15, 0.2) is 6.29 Å². The normalized spacial score (nSPS) is 15.9. The number of aliphatic hydroxyl groups excluding tert-OH is 4. The number of carbonyl (C=O) groups is 1. The molecule has 0 amide bonds.